The van der Waals surface area contributed by atoms with Crippen LogP contribution in [-0.4, -0.2) is 38.9 Å². The van der Waals surface area contributed by atoms with Crippen LogP contribution in [-0.2, 0) is 29.4 Å². The van der Waals surface area contributed by atoms with E-state index < -0.39 is 23.7 Å². The maximum Gasteiger partial charge on any atom is 0.416 e. The number of imidazole rings is 1. The van der Waals surface area contributed by atoms with Gasteiger partial charge in [0, 0.05) is 26.6 Å². The Morgan fingerprint density at radius 3 is 2.48 bits per heavy atom. The average molecular weight is 460 g/mol. The smallest absolute Gasteiger partial charge is 0.346 e. The number of nitrogens with one attached hydrogen (secondary N) is 1. The number of benzene rings is 2. The Morgan fingerprint density at radius 2 is 1.82 bits per heavy atom. The Balaban J connectivity index is 1.62. The van der Waals surface area contributed by atoms with E-state index in [1.807, 2.05) is 0 Å². The van der Waals surface area contributed by atoms with Gasteiger partial charge in [-0.05, 0) is 36.2 Å². The topological polar surface area (TPSA) is 76.3 Å². The summed E-state index contributed by atoms with van der Waals surface area (Å²) in [6.07, 6.45) is -3.51. The molecule has 2 heterocycles. The molecule has 10 heteroatoms. The number of fused-ring (bicyclic) bond motifs is 1. The van der Waals surface area contributed by atoms with Crippen LogP contribution in [0.1, 0.15) is 30.0 Å². The lowest BCUT2D eigenvalue weighted by Gasteiger charge is -2.26. The van der Waals surface area contributed by atoms with E-state index in [0.29, 0.717) is 30.4 Å². The molecule has 1 aromatic heterocycles. The summed E-state index contributed by atoms with van der Waals surface area (Å²) in [4.78, 5) is 39.2. The van der Waals surface area contributed by atoms with Crippen molar-refractivity contribution in [1.82, 2.24) is 19.4 Å². The molecule has 2 aromatic carbocycles. The van der Waals surface area contributed by atoms with Gasteiger partial charge in [0.2, 0.25) is 11.8 Å². The minimum Gasteiger partial charge on any atom is -0.346 e. The molecule has 0 spiro atoms. The van der Waals surface area contributed by atoms with Gasteiger partial charge < -0.3 is 10.2 Å². The van der Waals surface area contributed by atoms with Gasteiger partial charge in [0.15, 0.2) is 0 Å². The van der Waals surface area contributed by atoms with Gasteiger partial charge in [-0.3, -0.25) is 18.7 Å². The third-order valence-electron chi connectivity index (χ3n) is 5.88. The van der Waals surface area contributed by atoms with Crippen molar-refractivity contribution in [3.63, 3.8) is 0 Å². The van der Waals surface area contributed by atoms with Crippen molar-refractivity contribution < 1.29 is 22.8 Å². The van der Waals surface area contributed by atoms with Crippen molar-refractivity contribution in [3.05, 3.63) is 70.1 Å². The van der Waals surface area contributed by atoms with Crippen LogP contribution in [0.4, 0.5) is 13.2 Å². The number of hydrogen-bond donors (Lipinski definition) is 1. The number of carbonyl (C=O) groups is 2. The van der Waals surface area contributed by atoms with E-state index in [-0.39, 0.29) is 30.2 Å². The molecule has 3 aromatic rings. The number of nitrogens with zero attached hydrogens (tertiary/aromatic N) is 3. The molecule has 7 nitrogen and oxygen atoms in total. The first kappa shape index (κ1) is 22.6. The molecule has 1 saturated heterocycles. The maximum absolute atomic E-state index is 13.3. The molecule has 0 aliphatic carbocycles. The van der Waals surface area contributed by atoms with E-state index in [2.05, 4.69) is 5.32 Å². The van der Waals surface area contributed by atoms with Crippen molar-refractivity contribution in [3.8, 4) is 0 Å². The van der Waals surface area contributed by atoms with Gasteiger partial charge in [0.05, 0.1) is 22.6 Å². The minimum absolute atomic E-state index is 0.0519. The number of likely N-dealkylation sites (tertiary alicyclic amines) is 1. The second-order valence-corrected chi connectivity index (χ2v) is 8.10. The van der Waals surface area contributed by atoms with Gasteiger partial charge in [-0.15, -0.1) is 0 Å². The van der Waals surface area contributed by atoms with Crippen LogP contribution in [0.25, 0.3) is 11.0 Å². The van der Waals surface area contributed by atoms with Crippen molar-refractivity contribution in [1.29, 1.82) is 0 Å². The summed E-state index contributed by atoms with van der Waals surface area (Å²) in [5.41, 5.74) is 0.259. The van der Waals surface area contributed by atoms with E-state index in [9.17, 15) is 27.6 Å². The highest BCUT2D eigenvalue weighted by Crippen LogP contribution is 2.31. The summed E-state index contributed by atoms with van der Waals surface area (Å²) in [5, 5.41) is 2.74. The third-order valence-corrected chi connectivity index (χ3v) is 5.88. The normalized spacial score (nSPS) is 15.3. The SMILES string of the molecule is Cn1c(=O)n(CC(=O)N[C@@H](CN2CCCC2=O)c2cccc(C(F)(F)F)c2)c2ccccc21. The molecule has 0 unspecified atom stereocenters. The number of amides is 2. The second-order valence-electron chi connectivity index (χ2n) is 8.10. The fourth-order valence-electron chi connectivity index (χ4n) is 4.18. The molecule has 1 aliphatic rings. The second kappa shape index (κ2) is 8.76. The van der Waals surface area contributed by atoms with Gasteiger partial charge in [0.25, 0.3) is 0 Å². The van der Waals surface area contributed by atoms with Gasteiger partial charge >= 0.3 is 11.9 Å². The number of alkyl halides is 3. The van der Waals surface area contributed by atoms with E-state index in [0.717, 1.165) is 12.1 Å². The number of rotatable bonds is 6. The van der Waals surface area contributed by atoms with Crippen LogP contribution >= 0.6 is 0 Å². The number of para-hydroxylation sites is 2. The lowest BCUT2D eigenvalue weighted by molar-refractivity contribution is -0.137. The lowest BCUT2D eigenvalue weighted by Crippen LogP contribution is -2.41. The number of carbonyl (C=O) groups excluding carboxylic acids is 2. The standard InChI is InChI=1S/C23H23F3N4O3/c1-28-18-8-2-3-9-19(18)30(22(28)33)14-20(31)27-17(13-29-11-5-10-21(29)32)15-6-4-7-16(12-15)23(24,25)26/h2-4,6-9,12,17H,5,10-11,13-14H2,1H3,(H,27,31)/t17-/m0/s1. The first-order chi connectivity index (χ1) is 15.6. The minimum atomic E-state index is -4.54. The summed E-state index contributed by atoms with van der Waals surface area (Å²) in [7, 11) is 1.60. The zero-order valence-corrected chi connectivity index (χ0v) is 17.9. The largest absolute Gasteiger partial charge is 0.416 e. The number of halogens is 3. The first-order valence-corrected chi connectivity index (χ1v) is 10.5. The van der Waals surface area contributed by atoms with Crippen molar-refractivity contribution >= 4 is 22.8 Å². The highest BCUT2D eigenvalue weighted by Gasteiger charge is 2.32. The summed E-state index contributed by atoms with van der Waals surface area (Å²) in [6, 6.07) is 10.9. The average Bonchev–Trinajstić information content (AvgIpc) is 3.29. The first-order valence-electron chi connectivity index (χ1n) is 10.5. The van der Waals surface area contributed by atoms with E-state index >= 15 is 0 Å². The Hall–Kier alpha value is -3.56. The molecule has 0 radical (unpaired) electrons. The predicted octanol–water partition coefficient (Wildman–Crippen LogP) is 2.84. The molecule has 33 heavy (non-hydrogen) atoms. The molecule has 1 atom stereocenters. The predicted molar refractivity (Wildman–Crippen MR) is 115 cm³/mol. The van der Waals surface area contributed by atoms with E-state index in [1.165, 1.54) is 26.2 Å². The van der Waals surface area contributed by atoms with Crippen molar-refractivity contribution in [2.45, 2.75) is 31.6 Å². The Bertz CT molecular complexity index is 1260. The Kier molecular flexibility index (Phi) is 6.01. The summed E-state index contributed by atoms with van der Waals surface area (Å²) < 4.78 is 42.5. The molecule has 4 rings (SSSR count). The quantitative estimate of drug-likeness (QED) is 0.615. The molecule has 0 saturated carbocycles. The van der Waals surface area contributed by atoms with Crippen LogP contribution in [0.3, 0.4) is 0 Å². The number of aromatic nitrogens is 2. The molecular formula is C23H23F3N4O3. The van der Waals surface area contributed by atoms with E-state index in [1.54, 1.807) is 31.3 Å². The third kappa shape index (κ3) is 4.64. The molecule has 1 aliphatic heterocycles. The zero-order valence-electron chi connectivity index (χ0n) is 17.9. The lowest BCUT2D eigenvalue weighted by atomic mass is 10.0. The monoisotopic (exact) mass is 460 g/mol. The molecule has 174 valence electrons. The highest BCUT2D eigenvalue weighted by atomic mass is 19.4. The van der Waals surface area contributed by atoms with Crippen LogP contribution in [0.15, 0.2) is 53.3 Å². The van der Waals surface area contributed by atoms with Crippen LogP contribution in [0.2, 0.25) is 0 Å². The fraction of sp³-hybridized carbons (Fsp3) is 0.348. The van der Waals surface area contributed by atoms with Gasteiger partial charge in [-0.1, -0.05) is 24.3 Å². The van der Waals surface area contributed by atoms with Crippen LogP contribution in [0, 0.1) is 0 Å². The summed E-state index contributed by atoms with van der Waals surface area (Å²) in [5.74, 6) is -0.644. The van der Waals surface area contributed by atoms with Crippen molar-refractivity contribution in [2.75, 3.05) is 13.1 Å². The zero-order chi connectivity index (χ0) is 23.8. The molecule has 0 bridgehead atoms. The van der Waals surface area contributed by atoms with Gasteiger partial charge in [-0.2, -0.15) is 13.2 Å². The Morgan fingerprint density at radius 1 is 1.09 bits per heavy atom. The van der Waals surface area contributed by atoms with Crippen LogP contribution < -0.4 is 11.0 Å². The van der Waals surface area contributed by atoms with Crippen LogP contribution in [0.5, 0.6) is 0 Å². The summed E-state index contributed by atoms with van der Waals surface area (Å²) in [6.45, 7) is 0.229. The maximum atomic E-state index is 13.3. The Labute approximate surface area is 187 Å². The number of hydrogen-bond acceptors (Lipinski definition) is 3. The number of aryl methyl sites for hydroxylation is 1. The molecule has 1 N–H and O–H groups in total. The van der Waals surface area contributed by atoms with E-state index in [4.69, 9.17) is 0 Å². The molecule has 1 fully saturated rings. The van der Waals surface area contributed by atoms with Crippen molar-refractivity contribution in [2.24, 2.45) is 7.05 Å². The highest BCUT2D eigenvalue weighted by molar-refractivity contribution is 5.81. The summed E-state index contributed by atoms with van der Waals surface area (Å²) >= 11 is 0. The molecular weight excluding hydrogens is 437 g/mol. The van der Waals surface area contributed by atoms with Gasteiger partial charge in [-0.25, -0.2) is 4.79 Å². The fourth-order valence-corrected chi connectivity index (χ4v) is 4.18. The molecule has 2 amide bonds. The van der Waals surface area contributed by atoms with Gasteiger partial charge in [0.1, 0.15) is 6.54 Å².